The van der Waals surface area contributed by atoms with Gasteiger partial charge in [-0.2, -0.15) is 0 Å². The maximum atomic E-state index is 13.0. The number of nitrogens with one attached hydrogen (secondary N) is 2. The van der Waals surface area contributed by atoms with Crippen molar-refractivity contribution in [3.63, 3.8) is 0 Å². The number of carbonyl (C=O) groups is 3. The van der Waals surface area contributed by atoms with Gasteiger partial charge < -0.3 is 15.5 Å². The van der Waals surface area contributed by atoms with Crippen molar-refractivity contribution in [1.29, 1.82) is 0 Å². The summed E-state index contributed by atoms with van der Waals surface area (Å²) in [6, 6.07) is 4.64. The van der Waals surface area contributed by atoms with Gasteiger partial charge in [0.2, 0.25) is 11.8 Å². The van der Waals surface area contributed by atoms with Crippen LogP contribution >= 0.6 is 34.5 Å². The van der Waals surface area contributed by atoms with E-state index < -0.39 is 0 Å². The van der Waals surface area contributed by atoms with Crippen LogP contribution in [0.15, 0.2) is 23.6 Å². The van der Waals surface area contributed by atoms with Crippen LogP contribution in [0.5, 0.6) is 0 Å². The quantitative estimate of drug-likeness (QED) is 0.526. The van der Waals surface area contributed by atoms with E-state index in [9.17, 15) is 14.4 Å². The molecule has 0 atom stereocenters. The normalized spacial score (nSPS) is 14.2. The number of nitrogens with zero attached hydrogens (tertiary/aromatic N) is 2. The molecule has 1 fully saturated rings. The molecular formula is C23H28Cl2N4O3S. The molecule has 0 spiro atoms. The van der Waals surface area contributed by atoms with Gasteiger partial charge in [-0.15, -0.1) is 11.3 Å². The standard InChI is InChI=1S/C23H28Cl2N4O3S/c1-14(2)29(22(32)18-9-8-15(24)10-19(18)25)12-21(31)28-23-27-17(13-33-23)11-20(30)26-16-6-4-3-5-7-16/h8-10,13-14,16H,3-7,11-12H2,1-2H3,(H,26,30)(H,27,28,31). The largest absolute Gasteiger partial charge is 0.353 e. The smallest absolute Gasteiger partial charge is 0.256 e. The SMILES string of the molecule is CC(C)N(CC(=O)Nc1nc(CC(=O)NC2CCCCC2)cs1)C(=O)c1ccc(Cl)cc1Cl. The minimum absolute atomic E-state index is 0.0542. The second-order valence-electron chi connectivity index (χ2n) is 8.42. The summed E-state index contributed by atoms with van der Waals surface area (Å²) in [5.41, 5.74) is 0.886. The lowest BCUT2D eigenvalue weighted by Gasteiger charge is -2.26. The number of hydrogen-bond donors (Lipinski definition) is 2. The van der Waals surface area contributed by atoms with Crippen LogP contribution in [-0.2, 0) is 16.0 Å². The molecular weight excluding hydrogens is 483 g/mol. The molecule has 10 heteroatoms. The summed E-state index contributed by atoms with van der Waals surface area (Å²) in [6.07, 6.45) is 5.76. The van der Waals surface area contributed by atoms with Gasteiger partial charge in [-0.1, -0.05) is 42.5 Å². The minimum Gasteiger partial charge on any atom is -0.353 e. The number of anilines is 1. The van der Waals surface area contributed by atoms with Gasteiger partial charge in [-0.05, 0) is 44.9 Å². The summed E-state index contributed by atoms with van der Waals surface area (Å²) < 4.78 is 0. The molecule has 7 nitrogen and oxygen atoms in total. The van der Waals surface area contributed by atoms with Crippen LogP contribution in [0.1, 0.15) is 62.0 Å². The molecule has 1 aliphatic rings. The molecule has 33 heavy (non-hydrogen) atoms. The van der Waals surface area contributed by atoms with Crippen molar-refractivity contribution in [2.45, 2.75) is 64.5 Å². The van der Waals surface area contributed by atoms with Crippen molar-refractivity contribution in [3.8, 4) is 0 Å². The third kappa shape index (κ3) is 7.42. The Hall–Kier alpha value is -2.16. The maximum absolute atomic E-state index is 13.0. The number of thiazole rings is 1. The second-order valence-corrected chi connectivity index (χ2v) is 10.1. The van der Waals surface area contributed by atoms with Crippen LogP contribution in [0.4, 0.5) is 5.13 Å². The van der Waals surface area contributed by atoms with Crippen LogP contribution < -0.4 is 10.6 Å². The lowest BCUT2D eigenvalue weighted by Crippen LogP contribution is -2.42. The van der Waals surface area contributed by atoms with Crippen molar-refractivity contribution in [2.24, 2.45) is 0 Å². The van der Waals surface area contributed by atoms with E-state index in [1.54, 1.807) is 17.5 Å². The molecule has 3 amide bonds. The number of hydrogen-bond acceptors (Lipinski definition) is 5. The zero-order valence-corrected chi connectivity index (χ0v) is 21.0. The van der Waals surface area contributed by atoms with E-state index in [1.807, 2.05) is 13.8 Å². The highest BCUT2D eigenvalue weighted by molar-refractivity contribution is 7.13. The average molecular weight is 511 g/mol. The number of rotatable bonds is 8. The Morgan fingerprint density at radius 1 is 1.15 bits per heavy atom. The van der Waals surface area contributed by atoms with Gasteiger partial charge in [0, 0.05) is 22.5 Å². The highest BCUT2D eigenvalue weighted by atomic mass is 35.5. The molecule has 1 aliphatic carbocycles. The summed E-state index contributed by atoms with van der Waals surface area (Å²) in [7, 11) is 0. The zero-order valence-electron chi connectivity index (χ0n) is 18.7. The summed E-state index contributed by atoms with van der Waals surface area (Å²) in [4.78, 5) is 43.7. The lowest BCUT2D eigenvalue weighted by atomic mass is 9.95. The van der Waals surface area contributed by atoms with E-state index in [-0.39, 0.29) is 53.4 Å². The molecule has 1 saturated carbocycles. The maximum Gasteiger partial charge on any atom is 0.256 e. The zero-order chi connectivity index (χ0) is 24.0. The molecule has 1 heterocycles. The monoisotopic (exact) mass is 510 g/mol. The van der Waals surface area contributed by atoms with Crippen molar-refractivity contribution < 1.29 is 14.4 Å². The van der Waals surface area contributed by atoms with Crippen LogP contribution in [-0.4, -0.2) is 46.2 Å². The summed E-state index contributed by atoms with van der Waals surface area (Å²) >= 11 is 13.3. The van der Waals surface area contributed by atoms with Crippen LogP contribution in [0.25, 0.3) is 0 Å². The number of amides is 3. The fraction of sp³-hybridized carbons (Fsp3) is 0.478. The molecule has 1 aromatic carbocycles. The number of aromatic nitrogens is 1. The number of halogens is 2. The molecule has 0 unspecified atom stereocenters. The van der Waals surface area contributed by atoms with Gasteiger partial charge in [-0.25, -0.2) is 4.98 Å². The fourth-order valence-corrected chi connectivity index (χ4v) is 4.97. The Morgan fingerprint density at radius 2 is 1.88 bits per heavy atom. The first-order valence-electron chi connectivity index (χ1n) is 11.0. The highest BCUT2D eigenvalue weighted by Gasteiger charge is 2.24. The van der Waals surface area contributed by atoms with Crippen LogP contribution in [0.3, 0.4) is 0 Å². The number of carbonyl (C=O) groups excluding carboxylic acids is 3. The van der Waals surface area contributed by atoms with E-state index in [0.717, 1.165) is 25.7 Å². The Bertz CT molecular complexity index is 1010. The average Bonchev–Trinajstić information content (AvgIpc) is 3.18. The second kappa shape index (κ2) is 11.8. The predicted molar refractivity (Wildman–Crippen MR) is 132 cm³/mol. The molecule has 0 saturated heterocycles. The first kappa shape index (κ1) is 25.5. The third-order valence-corrected chi connectivity index (χ3v) is 6.82. The van der Waals surface area contributed by atoms with E-state index in [4.69, 9.17) is 23.2 Å². The molecule has 178 valence electrons. The Kier molecular flexibility index (Phi) is 9.11. The van der Waals surface area contributed by atoms with Gasteiger partial charge >= 0.3 is 0 Å². The van der Waals surface area contributed by atoms with E-state index in [2.05, 4.69) is 15.6 Å². The lowest BCUT2D eigenvalue weighted by molar-refractivity contribution is -0.121. The van der Waals surface area contributed by atoms with E-state index in [1.165, 1.54) is 28.7 Å². The summed E-state index contributed by atoms with van der Waals surface area (Å²) in [6.45, 7) is 3.48. The van der Waals surface area contributed by atoms with E-state index in [0.29, 0.717) is 15.8 Å². The predicted octanol–water partition coefficient (Wildman–Crippen LogP) is 4.93. The molecule has 2 N–H and O–H groups in total. The van der Waals surface area contributed by atoms with Crippen molar-refractivity contribution in [3.05, 3.63) is 44.9 Å². The fourth-order valence-electron chi connectivity index (χ4n) is 3.76. The topological polar surface area (TPSA) is 91.4 Å². The van der Waals surface area contributed by atoms with Crippen LogP contribution in [0, 0.1) is 0 Å². The number of benzene rings is 1. The Labute approximate surface area is 207 Å². The molecule has 2 aromatic rings. The molecule has 0 bridgehead atoms. The minimum atomic E-state index is -0.380. The Balaban J connectivity index is 1.56. The van der Waals surface area contributed by atoms with Crippen molar-refractivity contribution in [1.82, 2.24) is 15.2 Å². The molecule has 1 aromatic heterocycles. The van der Waals surface area contributed by atoms with Crippen molar-refractivity contribution in [2.75, 3.05) is 11.9 Å². The van der Waals surface area contributed by atoms with Gasteiger partial charge in [0.05, 0.1) is 22.7 Å². The van der Waals surface area contributed by atoms with Gasteiger partial charge in [-0.3, -0.25) is 14.4 Å². The molecule has 3 rings (SSSR count). The van der Waals surface area contributed by atoms with Gasteiger partial charge in [0.25, 0.3) is 5.91 Å². The highest BCUT2D eigenvalue weighted by Crippen LogP contribution is 2.23. The molecule has 0 aliphatic heterocycles. The van der Waals surface area contributed by atoms with Gasteiger partial charge in [0.1, 0.15) is 6.54 Å². The Morgan fingerprint density at radius 3 is 2.55 bits per heavy atom. The van der Waals surface area contributed by atoms with Crippen LogP contribution in [0.2, 0.25) is 10.0 Å². The first-order chi connectivity index (χ1) is 15.7. The first-order valence-corrected chi connectivity index (χ1v) is 12.7. The van der Waals surface area contributed by atoms with Crippen molar-refractivity contribution >= 4 is 57.4 Å². The third-order valence-electron chi connectivity index (χ3n) is 5.47. The summed E-state index contributed by atoms with van der Waals surface area (Å²) in [5, 5.41) is 8.60. The molecule has 0 radical (unpaired) electrons. The van der Waals surface area contributed by atoms with E-state index >= 15 is 0 Å². The summed E-state index contributed by atoms with van der Waals surface area (Å²) in [5.74, 6) is -0.794. The van der Waals surface area contributed by atoms with Gasteiger partial charge in [0.15, 0.2) is 5.13 Å².